The van der Waals surface area contributed by atoms with Crippen LogP contribution in [0.2, 0.25) is 0 Å². The highest BCUT2D eigenvalue weighted by Gasteiger charge is 2.12. The molecule has 0 saturated heterocycles. The molecule has 0 fully saturated rings. The predicted octanol–water partition coefficient (Wildman–Crippen LogP) is 3.20. The van der Waals surface area contributed by atoms with Gasteiger partial charge in [0.1, 0.15) is 12.7 Å². The topological polar surface area (TPSA) is 135 Å². The Kier molecular flexibility index (Phi) is 5.56. The minimum atomic E-state index is 0.534. The van der Waals surface area contributed by atoms with Crippen molar-refractivity contribution in [1.29, 1.82) is 0 Å². The summed E-state index contributed by atoms with van der Waals surface area (Å²) in [7, 11) is 0. The van der Waals surface area contributed by atoms with Crippen molar-refractivity contribution in [2.75, 3.05) is 0 Å². The Morgan fingerprint density at radius 1 is 0.600 bits per heavy atom. The second kappa shape index (κ2) is 8.78. The normalized spacial score (nSPS) is 10.3. The number of hydrogen-bond donors (Lipinski definition) is 2. The number of hydrogen-bond acceptors (Lipinski definition) is 8. The van der Waals surface area contributed by atoms with Gasteiger partial charge in [-0.25, -0.2) is 29.9 Å². The van der Waals surface area contributed by atoms with Crippen molar-refractivity contribution in [2.24, 2.45) is 0 Å². The number of benzene rings is 1. The minimum absolute atomic E-state index is 0.534. The van der Waals surface area contributed by atoms with Crippen molar-refractivity contribution in [1.82, 2.24) is 50.3 Å². The molecule has 0 aliphatic carbocycles. The largest absolute Gasteiger partial charge is 0.259 e. The van der Waals surface area contributed by atoms with Crippen LogP contribution in [0.5, 0.6) is 0 Å². The average molecular weight is 398 g/mol. The van der Waals surface area contributed by atoms with E-state index in [2.05, 4.69) is 50.3 Å². The van der Waals surface area contributed by atoms with Crippen LogP contribution in [0.25, 0.3) is 45.6 Å². The van der Waals surface area contributed by atoms with Crippen LogP contribution in [0.15, 0.2) is 61.7 Å². The van der Waals surface area contributed by atoms with Gasteiger partial charge in [-0.1, -0.05) is 32.0 Å². The van der Waals surface area contributed by atoms with Gasteiger partial charge in [-0.3, -0.25) is 10.2 Å². The van der Waals surface area contributed by atoms with Gasteiger partial charge in [-0.15, -0.1) is 0 Å². The van der Waals surface area contributed by atoms with Crippen molar-refractivity contribution < 1.29 is 0 Å². The fourth-order valence-corrected chi connectivity index (χ4v) is 2.68. The first kappa shape index (κ1) is 19.0. The summed E-state index contributed by atoms with van der Waals surface area (Å²) in [5.41, 5.74) is 3.22. The molecular formula is C20H18N10. The summed E-state index contributed by atoms with van der Waals surface area (Å²) in [6.07, 6.45) is 9.60. The van der Waals surface area contributed by atoms with Gasteiger partial charge < -0.3 is 0 Å². The van der Waals surface area contributed by atoms with Gasteiger partial charge in [0.15, 0.2) is 23.3 Å². The molecule has 148 valence electrons. The van der Waals surface area contributed by atoms with E-state index in [4.69, 9.17) is 0 Å². The number of rotatable bonds is 4. The van der Waals surface area contributed by atoms with Gasteiger partial charge in [-0.05, 0) is 6.07 Å². The molecule has 30 heavy (non-hydrogen) atoms. The van der Waals surface area contributed by atoms with Crippen LogP contribution < -0.4 is 0 Å². The predicted molar refractivity (Wildman–Crippen MR) is 111 cm³/mol. The average Bonchev–Trinajstić information content (AvgIpc) is 3.52. The first-order valence-electron chi connectivity index (χ1n) is 9.33. The van der Waals surface area contributed by atoms with Crippen molar-refractivity contribution in [3.8, 4) is 45.6 Å². The smallest absolute Gasteiger partial charge is 0.184 e. The second-order valence-corrected chi connectivity index (χ2v) is 5.85. The highest BCUT2D eigenvalue weighted by atomic mass is 15.2. The molecule has 10 heteroatoms. The fourth-order valence-electron chi connectivity index (χ4n) is 2.68. The standard InChI is InChI=1S/C18H12N10.C2H6/c1-2-11(15-23-17(27-25-15)13-5-19-9-20-6-13)4-12(3-1)16-24-18(28-26-16)14-7-21-10-22-8-14;1-2/h1-10H,(H,23,25,27)(H,24,26,28);1-2H3. The number of H-pyrrole nitrogens is 2. The summed E-state index contributed by atoms with van der Waals surface area (Å²) in [6, 6.07) is 7.76. The highest BCUT2D eigenvalue weighted by molar-refractivity contribution is 5.68. The van der Waals surface area contributed by atoms with Crippen LogP contribution in [0, 0.1) is 0 Å². The van der Waals surface area contributed by atoms with Crippen molar-refractivity contribution >= 4 is 0 Å². The van der Waals surface area contributed by atoms with E-state index in [0.29, 0.717) is 23.3 Å². The van der Waals surface area contributed by atoms with Gasteiger partial charge in [0.2, 0.25) is 0 Å². The Bertz CT molecular complexity index is 1120. The third kappa shape index (κ3) is 3.92. The van der Waals surface area contributed by atoms with Crippen LogP contribution in [0.1, 0.15) is 13.8 Å². The molecular weight excluding hydrogens is 380 g/mol. The zero-order valence-electron chi connectivity index (χ0n) is 16.4. The zero-order chi connectivity index (χ0) is 20.8. The van der Waals surface area contributed by atoms with E-state index in [0.717, 1.165) is 22.3 Å². The van der Waals surface area contributed by atoms with Crippen LogP contribution in [-0.2, 0) is 0 Å². The molecule has 5 aromatic rings. The van der Waals surface area contributed by atoms with E-state index in [-0.39, 0.29) is 0 Å². The lowest BCUT2D eigenvalue weighted by Gasteiger charge is -2.00. The monoisotopic (exact) mass is 398 g/mol. The Morgan fingerprint density at radius 3 is 1.47 bits per heavy atom. The number of nitrogens with zero attached hydrogens (tertiary/aromatic N) is 8. The molecule has 4 heterocycles. The third-order valence-electron chi connectivity index (χ3n) is 4.02. The summed E-state index contributed by atoms with van der Waals surface area (Å²) in [5.74, 6) is 2.34. The molecule has 10 nitrogen and oxygen atoms in total. The molecule has 0 aliphatic rings. The molecule has 0 atom stereocenters. The molecule has 4 aromatic heterocycles. The Labute approximate surface area is 172 Å². The van der Waals surface area contributed by atoms with E-state index in [1.54, 1.807) is 24.8 Å². The lowest BCUT2D eigenvalue weighted by Crippen LogP contribution is -1.86. The minimum Gasteiger partial charge on any atom is -0.259 e. The molecule has 0 saturated carbocycles. The summed E-state index contributed by atoms with van der Waals surface area (Å²) in [4.78, 5) is 25.0. The van der Waals surface area contributed by atoms with E-state index in [9.17, 15) is 0 Å². The van der Waals surface area contributed by atoms with Gasteiger partial charge in [0.25, 0.3) is 0 Å². The van der Waals surface area contributed by atoms with E-state index < -0.39 is 0 Å². The Hall–Kier alpha value is -4.34. The number of aromatic amines is 2. The fraction of sp³-hybridized carbons (Fsp3) is 0.100. The number of aromatic nitrogens is 10. The van der Waals surface area contributed by atoms with E-state index >= 15 is 0 Å². The van der Waals surface area contributed by atoms with Gasteiger partial charge in [-0.2, -0.15) is 10.2 Å². The van der Waals surface area contributed by atoms with Gasteiger partial charge in [0, 0.05) is 35.9 Å². The van der Waals surface area contributed by atoms with Gasteiger partial charge in [0.05, 0.1) is 11.1 Å². The maximum absolute atomic E-state index is 4.53. The lowest BCUT2D eigenvalue weighted by molar-refractivity contribution is 1.08. The first-order chi connectivity index (χ1) is 14.9. The molecule has 0 amide bonds. The van der Waals surface area contributed by atoms with Crippen molar-refractivity contribution in [2.45, 2.75) is 13.8 Å². The van der Waals surface area contributed by atoms with E-state index in [1.807, 2.05) is 38.1 Å². The van der Waals surface area contributed by atoms with Gasteiger partial charge >= 0.3 is 0 Å². The summed E-state index contributed by atoms with van der Waals surface area (Å²) in [6.45, 7) is 4.00. The Balaban J connectivity index is 0.00000106. The summed E-state index contributed by atoms with van der Waals surface area (Å²) in [5, 5.41) is 14.4. The maximum atomic E-state index is 4.53. The van der Waals surface area contributed by atoms with Crippen LogP contribution in [0.3, 0.4) is 0 Å². The van der Waals surface area contributed by atoms with Crippen molar-refractivity contribution in [3.63, 3.8) is 0 Å². The van der Waals surface area contributed by atoms with Crippen molar-refractivity contribution in [3.05, 3.63) is 61.7 Å². The van der Waals surface area contributed by atoms with E-state index in [1.165, 1.54) is 12.7 Å². The van der Waals surface area contributed by atoms with Crippen LogP contribution in [-0.4, -0.2) is 50.3 Å². The zero-order valence-corrected chi connectivity index (χ0v) is 16.4. The Morgan fingerprint density at radius 2 is 1.03 bits per heavy atom. The highest BCUT2D eigenvalue weighted by Crippen LogP contribution is 2.25. The third-order valence-corrected chi connectivity index (χ3v) is 4.02. The first-order valence-corrected chi connectivity index (χ1v) is 9.33. The quantitative estimate of drug-likeness (QED) is 0.471. The second-order valence-electron chi connectivity index (χ2n) is 5.85. The SMILES string of the molecule is CC.c1cc(-c2nc(-c3cncnc3)n[nH]2)cc(-c2nc(-c3cncnc3)n[nH]2)c1. The van der Waals surface area contributed by atoms with Crippen LogP contribution >= 0.6 is 0 Å². The molecule has 0 spiro atoms. The molecule has 2 N–H and O–H groups in total. The molecule has 5 rings (SSSR count). The lowest BCUT2D eigenvalue weighted by atomic mass is 10.1. The molecule has 0 radical (unpaired) electrons. The molecule has 0 aliphatic heterocycles. The summed E-state index contributed by atoms with van der Waals surface area (Å²) < 4.78 is 0. The molecule has 0 bridgehead atoms. The van der Waals surface area contributed by atoms with Crippen LogP contribution in [0.4, 0.5) is 0 Å². The molecule has 1 aromatic carbocycles. The summed E-state index contributed by atoms with van der Waals surface area (Å²) >= 11 is 0. The maximum Gasteiger partial charge on any atom is 0.184 e. The molecule has 0 unspecified atom stereocenters. The number of nitrogens with one attached hydrogen (secondary N) is 2.